The van der Waals surface area contributed by atoms with Crippen LogP contribution in [0.2, 0.25) is 0 Å². The average Bonchev–Trinajstić information content (AvgIpc) is 2.46. The van der Waals surface area contributed by atoms with E-state index in [-0.39, 0.29) is 0 Å². The van der Waals surface area contributed by atoms with E-state index in [1.807, 2.05) is 0 Å². The molecule has 2 rings (SSSR count). The van der Waals surface area contributed by atoms with E-state index in [1.54, 1.807) is 0 Å². The highest BCUT2D eigenvalue weighted by molar-refractivity contribution is 5.22. The van der Waals surface area contributed by atoms with Crippen molar-refractivity contribution in [1.82, 2.24) is 5.32 Å². The SMILES string of the molecule is Cc1cccc(CC2CNCCOC2)c1. The number of ether oxygens (including phenoxy) is 1. The summed E-state index contributed by atoms with van der Waals surface area (Å²) < 4.78 is 5.55. The Hall–Kier alpha value is -0.860. The van der Waals surface area contributed by atoms with E-state index in [9.17, 15) is 0 Å². The van der Waals surface area contributed by atoms with E-state index in [1.165, 1.54) is 11.1 Å². The van der Waals surface area contributed by atoms with E-state index in [2.05, 4.69) is 36.5 Å². The van der Waals surface area contributed by atoms with E-state index >= 15 is 0 Å². The van der Waals surface area contributed by atoms with E-state index in [0.29, 0.717) is 5.92 Å². The lowest BCUT2D eigenvalue weighted by atomic mass is 9.99. The van der Waals surface area contributed by atoms with Crippen molar-refractivity contribution in [3.63, 3.8) is 0 Å². The van der Waals surface area contributed by atoms with Crippen molar-refractivity contribution in [2.75, 3.05) is 26.3 Å². The van der Waals surface area contributed by atoms with Gasteiger partial charge in [0.05, 0.1) is 13.2 Å². The first kappa shape index (κ1) is 10.7. The van der Waals surface area contributed by atoms with Gasteiger partial charge in [0.25, 0.3) is 0 Å². The van der Waals surface area contributed by atoms with Crippen LogP contribution in [0.3, 0.4) is 0 Å². The predicted octanol–water partition coefficient (Wildman–Crippen LogP) is 1.77. The summed E-state index contributed by atoms with van der Waals surface area (Å²) in [6.07, 6.45) is 1.12. The van der Waals surface area contributed by atoms with Crippen molar-refractivity contribution in [2.45, 2.75) is 13.3 Å². The molecule has 2 heteroatoms. The molecule has 1 unspecified atom stereocenters. The van der Waals surface area contributed by atoms with Gasteiger partial charge in [0.15, 0.2) is 0 Å². The highest BCUT2D eigenvalue weighted by Crippen LogP contribution is 2.11. The molecule has 0 aliphatic carbocycles. The first-order valence-electron chi connectivity index (χ1n) is 5.68. The van der Waals surface area contributed by atoms with Crippen molar-refractivity contribution in [2.24, 2.45) is 5.92 Å². The fourth-order valence-electron chi connectivity index (χ4n) is 2.06. The van der Waals surface area contributed by atoms with Crippen molar-refractivity contribution in [3.8, 4) is 0 Å². The van der Waals surface area contributed by atoms with Crippen molar-refractivity contribution in [3.05, 3.63) is 35.4 Å². The van der Waals surface area contributed by atoms with Gasteiger partial charge in [-0.2, -0.15) is 0 Å². The molecule has 82 valence electrons. The molecule has 0 spiro atoms. The summed E-state index contributed by atoms with van der Waals surface area (Å²) in [5.41, 5.74) is 2.77. The zero-order chi connectivity index (χ0) is 10.5. The third-order valence-corrected chi connectivity index (χ3v) is 2.82. The smallest absolute Gasteiger partial charge is 0.0591 e. The Labute approximate surface area is 91.6 Å². The minimum atomic E-state index is 0.620. The van der Waals surface area contributed by atoms with Crippen LogP contribution in [0.1, 0.15) is 11.1 Å². The number of benzene rings is 1. The van der Waals surface area contributed by atoms with Gasteiger partial charge in [-0.05, 0) is 24.8 Å². The first-order chi connectivity index (χ1) is 7.34. The molecule has 1 aromatic rings. The highest BCUT2D eigenvalue weighted by Gasteiger charge is 2.12. The molecule has 0 bridgehead atoms. The molecule has 1 aliphatic rings. The van der Waals surface area contributed by atoms with Crippen molar-refractivity contribution >= 4 is 0 Å². The highest BCUT2D eigenvalue weighted by atomic mass is 16.5. The second-order valence-electron chi connectivity index (χ2n) is 4.34. The number of hydrogen-bond acceptors (Lipinski definition) is 2. The van der Waals surface area contributed by atoms with Crippen LogP contribution >= 0.6 is 0 Å². The monoisotopic (exact) mass is 205 g/mol. The van der Waals surface area contributed by atoms with Crippen LogP contribution in [-0.2, 0) is 11.2 Å². The third-order valence-electron chi connectivity index (χ3n) is 2.82. The van der Waals surface area contributed by atoms with Gasteiger partial charge in [0.1, 0.15) is 0 Å². The molecular formula is C13H19NO. The van der Waals surface area contributed by atoms with Crippen LogP contribution in [0.5, 0.6) is 0 Å². The Morgan fingerprint density at radius 3 is 3.27 bits per heavy atom. The van der Waals surface area contributed by atoms with Gasteiger partial charge in [-0.25, -0.2) is 0 Å². The quantitative estimate of drug-likeness (QED) is 0.794. The molecule has 0 aromatic heterocycles. The molecular weight excluding hydrogens is 186 g/mol. The molecule has 15 heavy (non-hydrogen) atoms. The summed E-state index contributed by atoms with van der Waals surface area (Å²) >= 11 is 0. The lowest BCUT2D eigenvalue weighted by Crippen LogP contribution is -2.24. The molecule has 2 nitrogen and oxygen atoms in total. The number of hydrogen-bond donors (Lipinski definition) is 1. The first-order valence-corrected chi connectivity index (χ1v) is 5.68. The van der Waals surface area contributed by atoms with Gasteiger partial charge in [0, 0.05) is 13.1 Å². The summed E-state index contributed by atoms with van der Waals surface area (Å²) in [7, 11) is 0. The summed E-state index contributed by atoms with van der Waals surface area (Å²) in [5.74, 6) is 0.620. The Morgan fingerprint density at radius 1 is 1.47 bits per heavy atom. The minimum Gasteiger partial charge on any atom is -0.380 e. The maximum Gasteiger partial charge on any atom is 0.0591 e. The van der Waals surface area contributed by atoms with Crippen LogP contribution in [0.4, 0.5) is 0 Å². The predicted molar refractivity (Wildman–Crippen MR) is 62.1 cm³/mol. The molecule has 0 radical (unpaired) electrons. The van der Waals surface area contributed by atoms with Gasteiger partial charge in [0.2, 0.25) is 0 Å². The molecule has 1 aromatic carbocycles. The van der Waals surface area contributed by atoms with Gasteiger partial charge < -0.3 is 10.1 Å². The normalized spacial score (nSPS) is 22.3. The lowest BCUT2D eigenvalue weighted by molar-refractivity contribution is 0.123. The van der Waals surface area contributed by atoms with Gasteiger partial charge >= 0.3 is 0 Å². The molecule has 1 saturated heterocycles. The summed E-state index contributed by atoms with van der Waals surface area (Å²) in [5, 5.41) is 3.41. The Morgan fingerprint density at radius 2 is 2.40 bits per heavy atom. The largest absolute Gasteiger partial charge is 0.380 e. The van der Waals surface area contributed by atoms with E-state index < -0.39 is 0 Å². The number of rotatable bonds is 2. The Balaban J connectivity index is 1.95. The Kier molecular flexibility index (Phi) is 3.75. The number of aryl methyl sites for hydroxylation is 1. The number of nitrogens with one attached hydrogen (secondary N) is 1. The topological polar surface area (TPSA) is 21.3 Å². The van der Waals surface area contributed by atoms with Crippen LogP contribution in [0.15, 0.2) is 24.3 Å². The van der Waals surface area contributed by atoms with Gasteiger partial charge in [-0.15, -0.1) is 0 Å². The van der Waals surface area contributed by atoms with Crippen molar-refractivity contribution < 1.29 is 4.74 Å². The molecule has 1 atom stereocenters. The average molecular weight is 205 g/mol. The summed E-state index contributed by atoms with van der Waals surface area (Å²) in [6, 6.07) is 8.75. The molecule has 1 heterocycles. The maximum absolute atomic E-state index is 5.55. The summed E-state index contributed by atoms with van der Waals surface area (Å²) in [6.45, 7) is 5.95. The summed E-state index contributed by atoms with van der Waals surface area (Å²) in [4.78, 5) is 0. The van der Waals surface area contributed by atoms with Crippen LogP contribution in [0.25, 0.3) is 0 Å². The van der Waals surface area contributed by atoms with Crippen molar-refractivity contribution in [1.29, 1.82) is 0 Å². The molecule has 1 fully saturated rings. The van der Waals surface area contributed by atoms with Crippen LogP contribution in [-0.4, -0.2) is 26.3 Å². The van der Waals surface area contributed by atoms with Crippen LogP contribution in [0, 0.1) is 12.8 Å². The van der Waals surface area contributed by atoms with Gasteiger partial charge in [-0.3, -0.25) is 0 Å². The standard InChI is InChI=1S/C13H19NO/c1-11-3-2-4-12(7-11)8-13-9-14-5-6-15-10-13/h2-4,7,13-14H,5-6,8-10H2,1H3. The Bertz CT molecular complexity index is 303. The lowest BCUT2D eigenvalue weighted by Gasteiger charge is -2.13. The minimum absolute atomic E-state index is 0.620. The van der Waals surface area contributed by atoms with Crippen LogP contribution < -0.4 is 5.32 Å². The second kappa shape index (κ2) is 5.29. The zero-order valence-electron chi connectivity index (χ0n) is 9.33. The van der Waals surface area contributed by atoms with Gasteiger partial charge in [-0.1, -0.05) is 29.8 Å². The second-order valence-corrected chi connectivity index (χ2v) is 4.34. The third kappa shape index (κ3) is 3.33. The maximum atomic E-state index is 5.55. The van der Waals surface area contributed by atoms with E-state index in [4.69, 9.17) is 4.74 Å². The zero-order valence-corrected chi connectivity index (χ0v) is 9.33. The van der Waals surface area contributed by atoms with E-state index in [0.717, 1.165) is 32.7 Å². The fraction of sp³-hybridized carbons (Fsp3) is 0.538. The molecule has 0 saturated carbocycles. The molecule has 1 aliphatic heterocycles. The molecule has 1 N–H and O–H groups in total. The molecule has 0 amide bonds. The fourth-order valence-corrected chi connectivity index (χ4v) is 2.06.